The fraction of sp³-hybridized carbons (Fsp3) is 0.333. The van der Waals surface area contributed by atoms with Crippen LogP contribution in [0.1, 0.15) is 31.7 Å². The summed E-state index contributed by atoms with van der Waals surface area (Å²) >= 11 is -1.57. The molecule has 0 aromatic heterocycles. The molecule has 1 unspecified atom stereocenters. The van der Waals surface area contributed by atoms with Gasteiger partial charge in [-0.3, -0.25) is 0 Å². The van der Waals surface area contributed by atoms with Crippen molar-refractivity contribution in [3.05, 3.63) is 58.4 Å². The Balaban J connectivity index is 2.73. The number of halogens is 1. The van der Waals surface area contributed by atoms with Gasteiger partial charge >= 0.3 is 161 Å². The van der Waals surface area contributed by atoms with Gasteiger partial charge in [-0.2, -0.15) is 0 Å². The van der Waals surface area contributed by atoms with Gasteiger partial charge in [0.1, 0.15) is 0 Å². The number of allylic oxidation sites excluding steroid dienone is 2. The van der Waals surface area contributed by atoms with Crippen molar-refractivity contribution in [2.24, 2.45) is 11.8 Å². The summed E-state index contributed by atoms with van der Waals surface area (Å²) in [7, 11) is 0. The zero-order valence-corrected chi connectivity index (χ0v) is 17.4. The number of alkyl halides is 2. The van der Waals surface area contributed by atoms with E-state index in [1.165, 1.54) is 0 Å². The first-order valence-corrected chi connectivity index (χ1v) is 13.2. The summed E-state index contributed by atoms with van der Waals surface area (Å²) in [4.78, 5) is 37.8. The van der Waals surface area contributed by atoms with E-state index in [0.717, 1.165) is 22.5 Å². The Bertz CT molecular complexity index is 759. The molecule has 4 N–H and O–H groups in total. The number of hydrogen-bond acceptors (Lipinski definition) is 7. The molecule has 0 fully saturated rings. The molecule has 1 aromatic rings. The molecule has 0 radical (unpaired) electrons. The number of rotatable bonds is 5. The monoisotopic (exact) mass is 473 g/mol. The summed E-state index contributed by atoms with van der Waals surface area (Å²) in [5.41, 5.74) is 3.84. The van der Waals surface area contributed by atoms with Crippen molar-refractivity contribution in [3.8, 4) is 0 Å². The first-order chi connectivity index (χ1) is 12.3. The van der Waals surface area contributed by atoms with Crippen molar-refractivity contribution in [2.75, 3.05) is 9.86 Å². The molecular formula is C18H24IN3O4. The average Bonchev–Trinajstić information content (AvgIpc) is 2.63. The first-order valence-electron chi connectivity index (χ1n) is 7.89. The number of nitrogens with two attached hydrogens (primary N) is 2. The van der Waals surface area contributed by atoms with Crippen molar-refractivity contribution >= 4 is 32.0 Å². The number of hydrogen-bond donors (Lipinski definition) is 2. The second-order valence-corrected chi connectivity index (χ2v) is 11.1. The zero-order valence-electron chi connectivity index (χ0n) is 15.3. The maximum absolute atomic E-state index is 12.6. The fourth-order valence-corrected chi connectivity index (χ4v) is 6.82. The minimum absolute atomic E-state index is 0.0169. The van der Waals surface area contributed by atoms with Crippen molar-refractivity contribution in [1.29, 1.82) is 0 Å². The zero-order chi connectivity index (χ0) is 19.4. The van der Waals surface area contributed by atoms with E-state index in [4.69, 9.17) is 11.8 Å². The molecule has 1 aromatic carbocycles. The summed E-state index contributed by atoms with van der Waals surface area (Å²) in [6, 6.07) is 9.48. The van der Waals surface area contributed by atoms with E-state index in [0.29, 0.717) is 5.57 Å². The van der Waals surface area contributed by atoms with Gasteiger partial charge in [-0.15, -0.1) is 0 Å². The van der Waals surface area contributed by atoms with Crippen LogP contribution in [0.25, 0.3) is 0 Å². The Kier molecular flexibility index (Phi) is 6.79. The van der Waals surface area contributed by atoms with Gasteiger partial charge in [0.2, 0.25) is 0 Å². The van der Waals surface area contributed by atoms with Crippen LogP contribution >= 0.6 is 20.1 Å². The van der Waals surface area contributed by atoms with Crippen LogP contribution < -0.4 is 11.8 Å². The maximum atomic E-state index is 12.6. The first kappa shape index (κ1) is 20.4. The van der Waals surface area contributed by atoms with Crippen LogP contribution in [-0.4, -0.2) is 24.9 Å². The van der Waals surface area contributed by atoms with E-state index in [1.807, 2.05) is 44.2 Å². The molecule has 0 bridgehead atoms. The number of carbonyl (C=O) groups excluding carboxylic acids is 2. The van der Waals surface area contributed by atoms with Crippen LogP contribution in [0.2, 0.25) is 0 Å². The molecular weight excluding hydrogens is 449 g/mol. The van der Waals surface area contributed by atoms with Gasteiger partial charge in [-0.25, -0.2) is 0 Å². The van der Waals surface area contributed by atoms with Crippen molar-refractivity contribution in [1.82, 2.24) is 3.11 Å². The molecule has 1 aliphatic heterocycles. The van der Waals surface area contributed by atoms with Crippen LogP contribution in [0.15, 0.2) is 52.9 Å². The summed E-state index contributed by atoms with van der Waals surface area (Å²) in [6.07, 6.45) is -0.0169. The molecule has 0 saturated heterocycles. The number of benzene rings is 1. The second kappa shape index (κ2) is 8.65. The molecule has 0 amide bonds. The van der Waals surface area contributed by atoms with E-state index < -0.39 is 37.9 Å². The SMILES string of the molecule is CC1=C(CC(=O)ON)C(c2ccccc2)C(C(=O)ON)=C(C)N1I(C)C. The van der Waals surface area contributed by atoms with E-state index in [1.54, 1.807) is 0 Å². The average molecular weight is 473 g/mol. The van der Waals surface area contributed by atoms with E-state index >= 15 is 0 Å². The van der Waals surface area contributed by atoms with Crippen LogP contribution in [0, 0.1) is 0 Å². The third-order valence-corrected chi connectivity index (χ3v) is 7.72. The van der Waals surface area contributed by atoms with Crippen LogP contribution in [0.4, 0.5) is 0 Å². The Morgan fingerprint density at radius 3 is 2.19 bits per heavy atom. The molecule has 142 valence electrons. The molecule has 0 aliphatic carbocycles. The van der Waals surface area contributed by atoms with Gasteiger partial charge in [0.15, 0.2) is 0 Å². The van der Waals surface area contributed by atoms with Gasteiger partial charge in [0, 0.05) is 0 Å². The summed E-state index contributed by atoms with van der Waals surface area (Å²) in [5.74, 6) is 8.66. The van der Waals surface area contributed by atoms with Crippen LogP contribution in [-0.2, 0) is 19.3 Å². The molecule has 0 spiro atoms. The van der Waals surface area contributed by atoms with E-state index in [-0.39, 0.29) is 6.42 Å². The predicted molar refractivity (Wildman–Crippen MR) is 107 cm³/mol. The van der Waals surface area contributed by atoms with Gasteiger partial charge < -0.3 is 0 Å². The second-order valence-electron chi connectivity index (χ2n) is 6.02. The van der Waals surface area contributed by atoms with Gasteiger partial charge in [0.05, 0.1) is 0 Å². The molecule has 2 rings (SSSR count). The molecule has 26 heavy (non-hydrogen) atoms. The quantitative estimate of drug-likeness (QED) is 0.293. The van der Waals surface area contributed by atoms with Crippen LogP contribution in [0.5, 0.6) is 0 Å². The Hall–Kier alpha value is -1.91. The molecule has 1 aliphatic rings. The Morgan fingerprint density at radius 2 is 1.69 bits per heavy atom. The minimum atomic E-state index is -1.57. The number of nitrogens with zero attached hydrogens (tertiary/aromatic N) is 1. The molecule has 8 heteroatoms. The number of carbonyl (C=O) groups is 2. The van der Waals surface area contributed by atoms with Gasteiger partial charge in [-0.1, -0.05) is 0 Å². The summed E-state index contributed by atoms with van der Waals surface area (Å²) in [5, 5.41) is 0. The molecule has 1 heterocycles. The molecule has 0 saturated carbocycles. The van der Waals surface area contributed by atoms with E-state index in [9.17, 15) is 9.59 Å². The fourth-order valence-electron chi connectivity index (χ4n) is 3.35. The Labute approximate surface area is 160 Å². The van der Waals surface area contributed by atoms with Crippen molar-refractivity contribution in [3.63, 3.8) is 0 Å². The molecule has 1 atom stereocenters. The van der Waals surface area contributed by atoms with Crippen LogP contribution in [0.3, 0.4) is 0 Å². The third-order valence-electron chi connectivity index (χ3n) is 4.34. The van der Waals surface area contributed by atoms with Gasteiger partial charge in [-0.05, 0) is 0 Å². The third kappa shape index (κ3) is 3.92. The molecule has 7 nitrogen and oxygen atoms in total. The standard InChI is InChI=1S/C18H24IN3O4/c1-11-14(10-15(23)25-20)17(13-8-6-5-7-9-13)16(18(24)26-21)12(2)22(11)19(3)4/h5-9,17H,10,20-21H2,1-4H3. The predicted octanol–water partition coefficient (Wildman–Crippen LogP) is 2.54. The summed E-state index contributed by atoms with van der Waals surface area (Å²) < 4.78 is 2.15. The van der Waals surface area contributed by atoms with Crippen molar-refractivity contribution in [2.45, 2.75) is 26.2 Å². The topological polar surface area (TPSA) is 108 Å². The normalized spacial score (nSPS) is 18.0. The summed E-state index contributed by atoms with van der Waals surface area (Å²) in [6.45, 7) is 3.85. The van der Waals surface area contributed by atoms with Crippen molar-refractivity contribution < 1.29 is 19.3 Å². The van der Waals surface area contributed by atoms with E-state index in [2.05, 4.69) is 22.6 Å². The Morgan fingerprint density at radius 1 is 1.08 bits per heavy atom. The van der Waals surface area contributed by atoms with Gasteiger partial charge in [0.25, 0.3) is 0 Å².